The van der Waals surface area contributed by atoms with Gasteiger partial charge in [-0.05, 0) is 12.0 Å². The smallest absolute Gasteiger partial charge is 0.228 e. The number of hydrogen-bond acceptors (Lipinski definition) is 4. The minimum absolute atomic E-state index is 0.00276. The Morgan fingerprint density at radius 1 is 1.11 bits per heavy atom. The topological polar surface area (TPSA) is 78.0 Å². The van der Waals surface area contributed by atoms with E-state index in [1.54, 1.807) is 9.80 Å². The van der Waals surface area contributed by atoms with Crippen LogP contribution in [0.5, 0.6) is 0 Å². The molecule has 1 aromatic rings. The van der Waals surface area contributed by atoms with Crippen LogP contribution in [0.3, 0.4) is 0 Å². The summed E-state index contributed by atoms with van der Waals surface area (Å²) in [4.78, 5) is 28.6. The number of likely N-dealkylation sites (tertiary alicyclic amines) is 1. The van der Waals surface area contributed by atoms with Crippen molar-refractivity contribution in [3.05, 3.63) is 35.9 Å². The number of carbonyl (C=O) groups excluding carboxylic acids is 2. The van der Waals surface area contributed by atoms with E-state index < -0.39 is 10.0 Å². The number of hydrogen-bond donors (Lipinski definition) is 0. The molecule has 0 aromatic heterocycles. The van der Waals surface area contributed by atoms with Crippen LogP contribution >= 0.6 is 0 Å². The van der Waals surface area contributed by atoms with Crippen LogP contribution in [-0.4, -0.2) is 72.8 Å². The molecule has 2 saturated heterocycles. The SMILES string of the molecule is CCCCS(=O)(=O)N1CCN(C(=O)C2CC(=O)N(Cc3ccccc3)C2)CC1. The lowest BCUT2D eigenvalue weighted by atomic mass is 10.1. The minimum atomic E-state index is -3.23. The highest BCUT2D eigenvalue weighted by atomic mass is 32.2. The molecule has 1 unspecified atom stereocenters. The van der Waals surface area contributed by atoms with Gasteiger partial charge in [-0.3, -0.25) is 9.59 Å². The van der Waals surface area contributed by atoms with E-state index in [0.717, 1.165) is 12.0 Å². The van der Waals surface area contributed by atoms with Gasteiger partial charge in [0.2, 0.25) is 21.8 Å². The van der Waals surface area contributed by atoms with Crippen LogP contribution in [0.1, 0.15) is 31.7 Å². The van der Waals surface area contributed by atoms with Crippen molar-refractivity contribution in [3.8, 4) is 0 Å². The molecule has 0 radical (unpaired) electrons. The summed E-state index contributed by atoms with van der Waals surface area (Å²) in [7, 11) is -3.23. The Kier molecular flexibility index (Phi) is 6.72. The van der Waals surface area contributed by atoms with Crippen LogP contribution in [0.2, 0.25) is 0 Å². The Morgan fingerprint density at radius 3 is 2.43 bits per heavy atom. The van der Waals surface area contributed by atoms with Crippen molar-refractivity contribution in [2.24, 2.45) is 5.92 Å². The van der Waals surface area contributed by atoms with E-state index in [1.165, 1.54) is 4.31 Å². The summed E-state index contributed by atoms with van der Waals surface area (Å²) >= 11 is 0. The monoisotopic (exact) mass is 407 g/mol. The largest absolute Gasteiger partial charge is 0.340 e. The van der Waals surface area contributed by atoms with Gasteiger partial charge in [-0.2, -0.15) is 4.31 Å². The summed E-state index contributed by atoms with van der Waals surface area (Å²) in [5, 5.41) is 0. The van der Waals surface area contributed by atoms with Gasteiger partial charge < -0.3 is 9.80 Å². The zero-order valence-corrected chi connectivity index (χ0v) is 17.2. The number of unbranched alkanes of at least 4 members (excludes halogenated alkanes) is 1. The first kappa shape index (κ1) is 20.8. The highest BCUT2D eigenvalue weighted by Gasteiger charge is 2.38. The van der Waals surface area contributed by atoms with Crippen LogP contribution in [-0.2, 0) is 26.2 Å². The summed E-state index contributed by atoms with van der Waals surface area (Å²) in [6.45, 7) is 4.39. The molecule has 2 aliphatic heterocycles. The minimum Gasteiger partial charge on any atom is -0.340 e. The molecule has 2 amide bonds. The van der Waals surface area contributed by atoms with E-state index in [2.05, 4.69) is 0 Å². The molecule has 7 nitrogen and oxygen atoms in total. The first-order chi connectivity index (χ1) is 13.4. The summed E-state index contributed by atoms with van der Waals surface area (Å²) in [6.07, 6.45) is 1.73. The van der Waals surface area contributed by atoms with Gasteiger partial charge in [-0.1, -0.05) is 43.7 Å². The predicted octanol–water partition coefficient (Wildman–Crippen LogP) is 1.31. The summed E-state index contributed by atoms with van der Waals surface area (Å²) in [6, 6.07) is 9.75. The van der Waals surface area contributed by atoms with Crippen molar-refractivity contribution in [1.82, 2.24) is 14.1 Å². The van der Waals surface area contributed by atoms with E-state index in [4.69, 9.17) is 0 Å². The van der Waals surface area contributed by atoms with Gasteiger partial charge in [0.05, 0.1) is 11.7 Å². The molecule has 0 N–H and O–H groups in total. The highest BCUT2D eigenvalue weighted by Crippen LogP contribution is 2.23. The van der Waals surface area contributed by atoms with Gasteiger partial charge >= 0.3 is 0 Å². The number of nitrogens with zero attached hydrogens (tertiary/aromatic N) is 3. The second-order valence-electron chi connectivity index (χ2n) is 7.55. The number of carbonyl (C=O) groups is 2. The summed E-state index contributed by atoms with van der Waals surface area (Å²) < 4.78 is 26.1. The molecule has 2 heterocycles. The van der Waals surface area contributed by atoms with Crippen LogP contribution in [0, 0.1) is 5.92 Å². The van der Waals surface area contributed by atoms with E-state index in [9.17, 15) is 18.0 Å². The first-order valence-corrected chi connectivity index (χ1v) is 11.6. The van der Waals surface area contributed by atoms with Crippen molar-refractivity contribution < 1.29 is 18.0 Å². The number of amides is 2. The van der Waals surface area contributed by atoms with Gasteiger partial charge in [0.1, 0.15) is 0 Å². The van der Waals surface area contributed by atoms with Gasteiger partial charge in [0.25, 0.3) is 0 Å². The molecular weight excluding hydrogens is 378 g/mol. The Labute approximate surface area is 167 Å². The van der Waals surface area contributed by atoms with Crippen molar-refractivity contribution in [2.75, 3.05) is 38.5 Å². The predicted molar refractivity (Wildman–Crippen MR) is 107 cm³/mol. The molecule has 2 aliphatic rings. The van der Waals surface area contributed by atoms with Crippen molar-refractivity contribution in [3.63, 3.8) is 0 Å². The fourth-order valence-electron chi connectivity index (χ4n) is 3.79. The fraction of sp³-hybridized carbons (Fsp3) is 0.600. The average Bonchev–Trinajstić information content (AvgIpc) is 3.07. The lowest BCUT2D eigenvalue weighted by molar-refractivity contribution is -0.137. The number of benzene rings is 1. The second kappa shape index (κ2) is 9.05. The third-order valence-corrected chi connectivity index (χ3v) is 7.44. The van der Waals surface area contributed by atoms with Crippen LogP contribution in [0.25, 0.3) is 0 Å². The Hall–Kier alpha value is -1.93. The number of rotatable bonds is 7. The molecule has 0 aliphatic carbocycles. The Bertz CT molecular complexity index is 789. The van der Waals surface area contributed by atoms with E-state index in [-0.39, 0.29) is 29.9 Å². The molecule has 0 saturated carbocycles. The van der Waals surface area contributed by atoms with Gasteiger partial charge in [-0.15, -0.1) is 0 Å². The zero-order valence-electron chi connectivity index (χ0n) is 16.4. The van der Waals surface area contributed by atoms with Crippen LogP contribution < -0.4 is 0 Å². The molecule has 0 spiro atoms. The van der Waals surface area contributed by atoms with E-state index in [1.807, 2.05) is 37.3 Å². The van der Waals surface area contributed by atoms with Crippen molar-refractivity contribution in [1.29, 1.82) is 0 Å². The van der Waals surface area contributed by atoms with E-state index >= 15 is 0 Å². The highest BCUT2D eigenvalue weighted by molar-refractivity contribution is 7.89. The third kappa shape index (κ3) is 4.91. The maximum absolute atomic E-state index is 12.9. The molecule has 1 atom stereocenters. The number of piperazine rings is 1. The zero-order chi connectivity index (χ0) is 20.1. The Morgan fingerprint density at radius 2 is 1.79 bits per heavy atom. The molecule has 8 heteroatoms. The molecule has 28 heavy (non-hydrogen) atoms. The standard InChI is InChI=1S/C20H29N3O4S/c1-2-3-13-28(26,27)23-11-9-21(10-12-23)20(25)18-14-19(24)22(16-18)15-17-7-5-4-6-8-17/h4-8,18H,2-3,9-16H2,1H3. The summed E-state index contributed by atoms with van der Waals surface area (Å²) in [5.74, 6) is -0.194. The molecule has 1 aromatic carbocycles. The molecule has 2 fully saturated rings. The maximum Gasteiger partial charge on any atom is 0.228 e. The first-order valence-electron chi connectivity index (χ1n) is 9.99. The normalized spacial score (nSPS) is 21.3. The quantitative estimate of drug-likeness (QED) is 0.683. The summed E-state index contributed by atoms with van der Waals surface area (Å²) in [5.41, 5.74) is 1.05. The lowest BCUT2D eigenvalue weighted by Gasteiger charge is -2.35. The lowest BCUT2D eigenvalue weighted by Crippen LogP contribution is -2.52. The molecular formula is C20H29N3O4S. The maximum atomic E-state index is 12.9. The number of sulfonamides is 1. The Balaban J connectivity index is 1.52. The van der Waals surface area contributed by atoms with E-state index in [0.29, 0.717) is 45.7 Å². The van der Waals surface area contributed by atoms with Crippen molar-refractivity contribution >= 4 is 21.8 Å². The van der Waals surface area contributed by atoms with Gasteiger partial charge in [-0.25, -0.2) is 8.42 Å². The van der Waals surface area contributed by atoms with Crippen molar-refractivity contribution in [2.45, 2.75) is 32.7 Å². The van der Waals surface area contributed by atoms with Gasteiger partial charge in [0.15, 0.2) is 0 Å². The fourth-order valence-corrected chi connectivity index (χ4v) is 5.43. The second-order valence-corrected chi connectivity index (χ2v) is 9.64. The third-order valence-electron chi connectivity index (χ3n) is 5.48. The van der Waals surface area contributed by atoms with Gasteiger partial charge in [0, 0.05) is 45.7 Å². The molecule has 3 rings (SSSR count). The average molecular weight is 408 g/mol. The molecule has 154 valence electrons. The van der Waals surface area contributed by atoms with Crippen LogP contribution in [0.15, 0.2) is 30.3 Å². The molecule has 0 bridgehead atoms. The van der Waals surface area contributed by atoms with Crippen LogP contribution in [0.4, 0.5) is 0 Å².